The van der Waals surface area contributed by atoms with E-state index in [-0.39, 0.29) is 16.3 Å². The largest absolute Gasteiger partial charge is 0.351 e. The molecule has 2 aromatic heterocycles. The number of rotatable bonds is 1. The molecule has 6 heteroatoms. The van der Waals surface area contributed by atoms with E-state index < -0.39 is 5.54 Å². The molecule has 0 aliphatic carbocycles. The fourth-order valence-corrected chi connectivity index (χ4v) is 3.26. The lowest BCUT2D eigenvalue weighted by Gasteiger charge is -2.23. The summed E-state index contributed by atoms with van der Waals surface area (Å²) in [7, 11) is 0. The maximum Gasteiger partial charge on any atom is 0.351 e. The Kier molecular flexibility index (Phi) is 4.26. The lowest BCUT2D eigenvalue weighted by molar-refractivity contribution is 0.344. The molecule has 0 atom stereocenters. The van der Waals surface area contributed by atoms with Gasteiger partial charge in [-0.1, -0.05) is 56.6 Å². The zero-order valence-corrected chi connectivity index (χ0v) is 17.1. The Morgan fingerprint density at radius 1 is 1.04 bits per heavy atom. The number of halogens is 1. The second-order valence-corrected chi connectivity index (χ2v) is 9.05. The number of benzene rings is 1. The van der Waals surface area contributed by atoms with Crippen LogP contribution in [0.1, 0.15) is 52.8 Å². The maximum absolute atomic E-state index is 13.3. The minimum Gasteiger partial charge on any atom is -0.246 e. The molecule has 0 saturated heterocycles. The molecule has 0 aliphatic rings. The molecule has 0 unspecified atom stereocenters. The minimum absolute atomic E-state index is 0.208. The van der Waals surface area contributed by atoms with Gasteiger partial charge in [0.2, 0.25) is 0 Å². The Hall–Kier alpha value is -2.14. The molecular formula is C20H25ClN4O. The molecule has 2 heterocycles. The van der Waals surface area contributed by atoms with Crippen molar-refractivity contribution in [1.82, 2.24) is 19.2 Å². The first kappa shape index (κ1) is 18.6. The van der Waals surface area contributed by atoms with E-state index in [9.17, 15) is 4.79 Å². The topological polar surface area (TPSA) is 52.2 Å². The first-order valence-electron chi connectivity index (χ1n) is 8.71. The van der Waals surface area contributed by atoms with Crippen LogP contribution in [0.2, 0.25) is 5.15 Å². The Morgan fingerprint density at radius 3 is 2.19 bits per heavy atom. The van der Waals surface area contributed by atoms with Crippen molar-refractivity contribution in [3.05, 3.63) is 51.2 Å². The van der Waals surface area contributed by atoms with E-state index in [1.165, 1.54) is 4.68 Å². The van der Waals surface area contributed by atoms with Gasteiger partial charge >= 0.3 is 5.69 Å². The summed E-state index contributed by atoms with van der Waals surface area (Å²) >= 11 is 6.46. The number of hydrogen-bond donors (Lipinski definition) is 0. The van der Waals surface area contributed by atoms with E-state index in [0.717, 1.165) is 22.5 Å². The Morgan fingerprint density at radius 2 is 1.65 bits per heavy atom. The van der Waals surface area contributed by atoms with E-state index in [1.54, 1.807) is 4.40 Å². The first-order chi connectivity index (χ1) is 11.9. The van der Waals surface area contributed by atoms with E-state index in [2.05, 4.69) is 30.9 Å². The summed E-state index contributed by atoms with van der Waals surface area (Å²) in [5.74, 6) is 0. The van der Waals surface area contributed by atoms with Crippen molar-refractivity contribution in [3.8, 4) is 11.3 Å². The lowest BCUT2D eigenvalue weighted by atomic mass is 9.87. The predicted molar refractivity (Wildman–Crippen MR) is 106 cm³/mol. The highest BCUT2D eigenvalue weighted by molar-refractivity contribution is 6.32. The summed E-state index contributed by atoms with van der Waals surface area (Å²) in [6.45, 7) is 14.1. The zero-order chi connectivity index (χ0) is 19.4. The molecule has 0 amide bonds. The van der Waals surface area contributed by atoms with Gasteiger partial charge in [0.25, 0.3) is 0 Å². The molecule has 0 N–H and O–H groups in total. The van der Waals surface area contributed by atoms with Crippen molar-refractivity contribution in [2.24, 2.45) is 0 Å². The van der Waals surface area contributed by atoms with Gasteiger partial charge in [-0.25, -0.2) is 18.9 Å². The summed E-state index contributed by atoms with van der Waals surface area (Å²) in [4.78, 5) is 17.9. The molecule has 26 heavy (non-hydrogen) atoms. The van der Waals surface area contributed by atoms with Crippen LogP contribution in [0.3, 0.4) is 0 Å². The highest BCUT2D eigenvalue weighted by Crippen LogP contribution is 2.35. The second-order valence-electron chi connectivity index (χ2n) is 8.69. The lowest BCUT2D eigenvalue weighted by Crippen LogP contribution is -2.35. The van der Waals surface area contributed by atoms with Crippen molar-refractivity contribution in [3.63, 3.8) is 0 Å². The number of hydrogen-bond acceptors (Lipinski definition) is 3. The third-order valence-corrected chi connectivity index (χ3v) is 4.62. The smallest absolute Gasteiger partial charge is 0.246 e. The van der Waals surface area contributed by atoms with Crippen molar-refractivity contribution in [1.29, 1.82) is 0 Å². The number of fused-ring (bicyclic) bond motifs is 1. The molecule has 3 rings (SSSR count). The molecule has 0 fully saturated rings. The van der Waals surface area contributed by atoms with Crippen molar-refractivity contribution >= 4 is 17.2 Å². The van der Waals surface area contributed by atoms with Crippen LogP contribution in [0.4, 0.5) is 0 Å². The van der Waals surface area contributed by atoms with Crippen molar-refractivity contribution < 1.29 is 0 Å². The summed E-state index contributed by atoms with van der Waals surface area (Å²) in [6.07, 6.45) is 0. The van der Waals surface area contributed by atoms with Crippen LogP contribution in [0, 0.1) is 6.92 Å². The summed E-state index contributed by atoms with van der Waals surface area (Å²) in [5.41, 5.74) is 2.99. The fourth-order valence-electron chi connectivity index (χ4n) is 3.06. The van der Waals surface area contributed by atoms with Crippen LogP contribution in [0.15, 0.2) is 29.1 Å². The second kappa shape index (κ2) is 5.95. The van der Waals surface area contributed by atoms with Gasteiger partial charge in [-0.2, -0.15) is 0 Å². The van der Waals surface area contributed by atoms with Gasteiger partial charge in [0.15, 0.2) is 10.8 Å². The van der Waals surface area contributed by atoms with Gasteiger partial charge in [0.05, 0.1) is 16.9 Å². The van der Waals surface area contributed by atoms with E-state index >= 15 is 0 Å². The highest BCUT2D eigenvalue weighted by Gasteiger charge is 2.29. The van der Waals surface area contributed by atoms with Gasteiger partial charge in [-0.3, -0.25) is 0 Å². The molecule has 5 nitrogen and oxygen atoms in total. The monoisotopic (exact) mass is 372 g/mol. The molecule has 0 bridgehead atoms. The zero-order valence-electron chi connectivity index (χ0n) is 16.4. The van der Waals surface area contributed by atoms with Crippen molar-refractivity contribution in [2.45, 2.75) is 59.4 Å². The van der Waals surface area contributed by atoms with Crippen LogP contribution in [0.5, 0.6) is 0 Å². The fraction of sp³-hybridized carbons (Fsp3) is 0.450. The average Bonchev–Trinajstić information content (AvgIpc) is 2.86. The van der Waals surface area contributed by atoms with Gasteiger partial charge < -0.3 is 0 Å². The van der Waals surface area contributed by atoms with Gasteiger partial charge in [0.1, 0.15) is 0 Å². The standard InChI is InChI=1S/C20H25ClN4O/c1-12-10-8-9-11-13(12)14-15(19(2,3)4)22-16(21)17-23-25(20(5,6)7)18(26)24(14)17/h8-11H,1-7H3. The summed E-state index contributed by atoms with van der Waals surface area (Å²) in [6, 6.07) is 7.99. The summed E-state index contributed by atoms with van der Waals surface area (Å²) in [5, 5.41) is 4.74. The molecule has 0 saturated carbocycles. The molecular weight excluding hydrogens is 348 g/mol. The Labute approximate surface area is 158 Å². The minimum atomic E-state index is -0.461. The van der Waals surface area contributed by atoms with E-state index in [4.69, 9.17) is 11.6 Å². The molecule has 0 aliphatic heterocycles. The maximum atomic E-state index is 13.3. The normalized spacial score (nSPS) is 12.8. The van der Waals surface area contributed by atoms with Gasteiger partial charge in [-0.05, 0) is 33.3 Å². The number of aromatic nitrogens is 4. The van der Waals surface area contributed by atoms with Crippen LogP contribution in [0.25, 0.3) is 16.9 Å². The molecule has 1 aromatic carbocycles. The van der Waals surface area contributed by atoms with E-state index in [0.29, 0.717) is 5.65 Å². The quantitative estimate of drug-likeness (QED) is 0.628. The summed E-state index contributed by atoms with van der Waals surface area (Å²) < 4.78 is 3.09. The van der Waals surface area contributed by atoms with Crippen LogP contribution in [-0.4, -0.2) is 19.2 Å². The third-order valence-electron chi connectivity index (χ3n) is 4.37. The third kappa shape index (κ3) is 2.94. The molecule has 0 spiro atoms. The van der Waals surface area contributed by atoms with Gasteiger partial charge in [-0.15, -0.1) is 5.10 Å². The average molecular weight is 373 g/mol. The predicted octanol–water partition coefficient (Wildman–Crippen LogP) is 4.57. The van der Waals surface area contributed by atoms with E-state index in [1.807, 2.05) is 52.0 Å². The Balaban J connectivity index is 2.59. The van der Waals surface area contributed by atoms with Crippen molar-refractivity contribution in [2.75, 3.05) is 0 Å². The Bertz CT molecular complexity index is 1050. The molecule has 0 radical (unpaired) electrons. The van der Waals surface area contributed by atoms with Crippen LogP contribution >= 0.6 is 11.6 Å². The van der Waals surface area contributed by atoms with Crippen LogP contribution < -0.4 is 5.69 Å². The molecule has 138 valence electrons. The van der Waals surface area contributed by atoms with Gasteiger partial charge in [0, 0.05) is 11.0 Å². The molecule has 3 aromatic rings. The number of aryl methyl sites for hydroxylation is 1. The number of nitrogens with zero attached hydrogens (tertiary/aromatic N) is 4. The highest BCUT2D eigenvalue weighted by atomic mass is 35.5. The first-order valence-corrected chi connectivity index (χ1v) is 9.09. The SMILES string of the molecule is Cc1ccccc1-c1c(C(C)(C)C)nc(Cl)c2nn(C(C)(C)C)c(=O)n12. The van der Waals surface area contributed by atoms with Crippen LogP contribution in [-0.2, 0) is 11.0 Å².